The monoisotopic (exact) mass is 349 g/mol. The van der Waals surface area contributed by atoms with Crippen molar-refractivity contribution in [3.05, 3.63) is 93.9 Å². The van der Waals surface area contributed by atoms with Crippen LogP contribution in [0.1, 0.15) is 21.7 Å². The van der Waals surface area contributed by atoms with E-state index in [2.05, 4.69) is 20.8 Å². The van der Waals surface area contributed by atoms with E-state index in [1.54, 1.807) is 12.3 Å². The number of amides is 1. The van der Waals surface area contributed by atoms with E-state index in [9.17, 15) is 14.9 Å². The van der Waals surface area contributed by atoms with Gasteiger partial charge in [0, 0.05) is 36.4 Å². The number of nitrogens with one attached hydrogen (secondary N) is 2. The number of carbonyl (C=O) groups excluding carboxylic acids is 1. The van der Waals surface area contributed by atoms with Crippen molar-refractivity contribution in [1.29, 1.82) is 0 Å². The molecule has 0 aliphatic rings. The molecule has 130 valence electrons. The van der Waals surface area contributed by atoms with Crippen molar-refractivity contribution in [3.8, 4) is 0 Å². The standard InChI is InChI=1S/C18H15N5O3/c24-18(14-7-4-8-15(12-14)23(25)26)22-21-16-9-10-19-17(20-16)11-13-5-2-1-3-6-13/h1-10,12H,11H2,(H,22,24)(H,19,20,21). The Morgan fingerprint density at radius 3 is 2.65 bits per heavy atom. The molecule has 0 atom stereocenters. The van der Waals surface area contributed by atoms with Gasteiger partial charge >= 0.3 is 0 Å². The molecule has 26 heavy (non-hydrogen) atoms. The third kappa shape index (κ3) is 4.38. The van der Waals surface area contributed by atoms with Crippen molar-refractivity contribution in [2.24, 2.45) is 0 Å². The lowest BCUT2D eigenvalue weighted by atomic mass is 10.1. The lowest BCUT2D eigenvalue weighted by Gasteiger charge is -2.09. The molecule has 0 radical (unpaired) electrons. The summed E-state index contributed by atoms with van der Waals surface area (Å²) in [4.78, 5) is 30.9. The second-order valence-corrected chi connectivity index (χ2v) is 5.41. The van der Waals surface area contributed by atoms with Gasteiger partial charge in [-0.05, 0) is 11.6 Å². The zero-order valence-electron chi connectivity index (χ0n) is 13.6. The fraction of sp³-hybridized carbons (Fsp3) is 0.0556. The molecular weight excluding hydrogens is 334 g/mol. The SMILES string of the molecule is O=C(NNc1ccnc(Cc2ccccc2)n1)c1cccc([N+](=O)[O-])c1. The molecule has 1 heterocycles. The van der Waals surface area contributed by atoms with E-state index in [-0.39, 0.29) is 11.3 Å². The number of hydrogen-bond donors (Lipinski definition) is 2. The molecule has 0 saturated heterocycles. The average molecular weight is 349 g/mol. The van der Waals surface area contributed by atoms with Crippen molar-refractivity contribution in [3.63, 3.8) is 0 Å². The fourth-order valence-electron chi connectivity index (χ4n) is 2.29. The molecule has 0 fully saturated rings. The van der Waals surface area contributed by atoms with Gasteiger partial charge in [0.25, 0.3) is 11.6 Å². The molecule has 8 heteroatoms. The van der Waals surface area contributed by atoms with E-state index < -0.39 is 10.8 Å². The molecular formula is C18H15N5O3. The molecule has 3 aromatic rings. The van der Waals surface area contributed by atoms with Gasteiger partial charge in [-0.15, -0.1) is 0 Å². The molecule has 0 saturated carbocycles. The summed E-state index contributed by atoms with van der Waals surface area (Å²) in [5.41, 5.74) is 6.27. The number of rotatable bonds is 6. The Kier molecular flexibility index (Phi) is 5.14. The van der Waals surface area contributed by atoms with Crippen molar-refractivity contribution in [1.82, 2.24) is 15.4 Å². The van der Waals surface area contributed by atoms with Crippen molar-refractivity contribution in [2.75, 3.05) is 5.43 Å². The predicted molar refractivity (Wildman–Crippen MR) is 95.5 cm³/mol. The van der Waals surface area contributed by atoms with Gasteiger partial charge in [0.05, 0.1) is 4.92 Å². The van der Waals surface area contributed by atoms with E-state index in [1.165, 1.54) is 24.3 Å². The van der Waals surface area contributed by atoms with Crippen molar-refractivity contribution in [2.45, 2.75) is 6.42 Å². The fourth-order valence-corrected chi connectivity index (χ4v) is 2.29. The highest BCUT2D eigenvalue weighted by molar-refractivity contribution is 5.95. The summed E-state index contributed by atoms with van der Waals surface area (Å²) in [6.07, 6.45) is 2.16. The van der Waals surface area contributed by atoms with Gasteiger partial charge in [0.15, 0.2) is 0 Å². The molecule has 1 aromatic heterocycles. The zero-order valence-corrected chi connectivity index (χ0v) is 13.6. The number of carbonyl (C=O) groups is 1. The van der Waals surface area contributed by atoms with Crippen LogP contribution in [0, 0.1) is 10.1 Å². The van der Waals surface area contributed by atoms with Crippen molar-refractivity contribution < 1.29 is 9.72 Å². The molecule has 1 amide bonds. The zero-order chi connectivity index (χ0) is 18.4. The molecule has 0 spiro atoms. The first-order valence-corrected chi connectivity index (χ1v) is 7.78. The Morgan fingerprint density at radius 1 is 1.08 bits per heavy atom. The molecule has 0 aliphatic carbocycles. The minimum absolute atomic E-state index is 0.148. The number of nitro benzene ring substituents is 1. The lowest BCUT2D eigenvalue weighted by Crippen LogP contribution is -2.30. The maximum Gasteiger partial charge on any atom is 0.270 e. The van der Waals surface area contributed by atoms with Gasteiger partial charge in [-0.1, -0.05) is 36.4 Å². The molecule has 0 aliphatic heterocycles. The van der Waals surface area contributed by atoms with Crippen LogP contribution >= 0.6 is 0 Å². The molecule has 0 unspecified atom stereocenters. The van der Waals surface area contributed by atoms with Crippen LogP contribution in [-0.4, -0.2) is 20.8 Å². The van der Waals surface area contributed by atoms with Gasteiger partial charge in [0.1, 0.15) is 11.6 Å². The van der Waals surface area contributed by atoms with E-state index in [4.69, 9.17) is 0 Å². The first-order chi connectivity index (χ1) is 12.6. The number of aromatic nitrogens is 2. The number of hydrazine groups is 1. The summed E-state index contributed by atoms with van der Waals surface area (Å²) in [6, 6.07) is 16.9. The Bertz CT molecular complexity index is 931. The van der Waals surface area contributed by atoms with E-state index in [0.29, 0.717) is 18.1 Å². The summed E-state index contributed by atoms with van der Waals surface area (Å²) in [6.45, 7) is 0. The highest BCUT2D eigenvalue weighted by Crippen LogP contribution is 2.13. The molecule has 2 N–H and O–H groups in total. The van der Waals surface area contributed by atoms with Gasteiger partial charge in [-0.25, -0.2) is 9.97 Å². The van der Waals surface area contributed by atoms with Crippen LogP contribution in [0.3, 0.4) is 0 Å². The Labute approximate surface area is 149 Å². The minimum Gasteiger partial charge on any atom is -0.282 e. The van der Waals surface area contributed by atoms with Gasteiger partial charge in [-0.3, -0.25) is 25.8 Å². The van der Waals surface area contributed by atoms with Crippen LogP contribution in [-0.2, 0) is 6.42 Å². The number of benzene rings is 2. The van der Waals surface area contributed by atoms with Crippen LogP contribution in [0.5, 0.6) is 0 Å². The Hall–Kier alpha value is -3.81. The smallest absolute Gasteiger partial charge is 0.270 e. The van der Waals surface area contributed by atoms with Gasteiger partial charge in [-0.2, -0.15) is 0 Å². The summed E-state index contributed by atoms with van der Waals surface area (Å²) in [5.74, 6) is 0.521. The van der Waals surface area contributed by atoms with E-state index >= 15 is 0 Å². The molecule has 3 rings (SSSR count). The average Bonchev–Trinajstić information content (AvgIpc) is 2.67. The first kappa shape index (κ1) is 17.0. The van der Waals surface area contributed by atoms with Crippen molar-refractivity contribution >= 4 is 17.4 Å². The second kappa shape index (κ2) is 7.84. The number of non-ortho nitro benzene ring substituents is 1. The van der Waals surface area contributed by atoms with E-state index in [1.807, 2.05) is 30.3 Å². The third-order valence-corrected chi connectivity index (χ3v) is 3.53. The number of nitro groups is 1. The van der Waals surface area contributed by atoms with Crippen LogP contribution in [0.2, 0.25) is 0 Å². The minimum atomic E-state index is -0.551. The number of nitrogens with zero attached hydrogens (tertiary/aromatic N) is 3. The first-order valence-electron chi connectivity index (χ1n) is 7.78. The summed E-state index contributed by atoms with van der Waals surface area (Å²) in [7, 11) is 0. The lowest BCUT2D eigenvalue weighted by molar-refractivity contribution is -0.384. The summed E-state index contributed by atoms with van der Waals surface area (Å²) < 4.78 is 0. The Morgan fingerprint density at radius 2 is 1.88 bits per heavy atom. The Balaban J connectivity index is 1.64. The van der Waals surface area contributed by atoms with Gasteiger partial charge < -0.3 is 0 Å². The highest BCUT2D eigenvalue weighted by atomic mass is 16.6. The molecule has 8 nitrogen and oxygen atoms in total. The van der Waals surface area contributed by atoms with Crippen LogP contribution in [0.15, 0.2) is 66.9 Å². The van der Waals surface area contributed by atoms with E-state index in [0.717, 1.165) is 5.56 Å². The largest absolute Gasteiger partial charge is 0.282 e. The van der Waals surface area contributed by atoms with Crippen LogP contribution in [0.25, 0.3) is 0 Å². The number of hydrogen-bond acceptors (Lipinski definition) is 6. The normalized spacial score (nSPS) is 10.2. The maximum atomic E-state index is 12.1. The molecule has 2 aromatic carbocycles. The summed E-state index contributed by atoms with van der Waals surface area (Å²) in [5, 5.41) is 10.8. The summed E-state index contributed by atoms with van der Waals surface area (Å²) >= 11 is 0. The van der Waals surface area contributed by atoms with Crippen LogP contribution < -0.4 is 10.9 Å². The third-order valence-electron chi connectivity index (χ3n) is 3.53. The predicted octanol–water partition coefficient (Wildman–Crippen LogP) is 2.73. The topological polar surface area (TPSA) is 110 Å². The number of anilines is 1. The van der Waals surface area contributed by atoms with Crippen LogP contribution in [0.4, 0.5) is 11.5 Å². The van der Waals surface area contributed by atoms with Gasteiger partial charge in [0.2, 0.25) is 0 Å². The highest BCUT2D eigenvalue weighted by Gasteiger charge is 2.11. The second-order valence-electron chi connectivity index (χ2n) is 5.41. The molecule has 0 bridgehead atoms. The quantitative estimate of drug-likeness (QED) is 0.523. The maximum absolute atomic E-state index is 12.1.